The van der Waals surface area contributed by atoms with E-state index >= 15 is 0 Å². The standard InChI is InChI=1S/C9H16BrN/c10-9-3-1-2-7-6-11-5-4-8(7)9/h7-9,11H,1-6H2/t7-,8+,9+/m0/s1. The minimum atomic E-state index is 0.823. The Morgan fingerprint density at radius 1 is 1.18 bits per heavy atom. The van der Waals surface area contributed by atoms with Crippen molar-refractivity contribution in [3.05, 3.63) is 0 Å². The van der Waals surface area contributed by atoms with Crippen molar-refractivity contribution in [3.8, 4) is 0 Å². The molecule has 0 spiro atoms. The van der Waals surface area contributed by atoms with Crippen LogP contribution >= 0.6 is 15.9 Å². The van der Waals surface area contributed by atoms with Crippen molar-refractivity contribution >= 4 is 15.9 Å². The first-order chi connectivity index (χ1) is 5.38. The predicted molar refractivity (Wildman–Crippen MR) is 51.0 cm³/mol. The second kappa shape index (κ2) is 3.44. The highest BCUT2D eigenvalue weighted by Crippen LogP contribution is 2.37. The maximum atomic E-state index is 3.80. The summed E-state index contributed by atoms with van der Waals surface area (Å²) in [5.41, 5.74) is 0. The van der Waals surface area contributed by atoms with Crippen LogP contribution in [0.2, 0.25) is 0 Å². The van der Waals surface area contributed by atoms with Crippen LogP contribution in [0.3, 0.4) is 0 Å². The van der Waals surface area contributed by atoms with Gasteiger partial charge in [0.1, 0.15) is 0 Å². The molecule has 0 aromatic carbocycles. The van der Waals surface area contributed by atoms with Crippen molar-refractivity contribution in [1.29, 1.82) is 0 Å². The molecule has 1 aliphatic carbocycles. The van der Waals surface area contributed by atoms with E-state index < -0.39 is 0 Å². The largest absolute Gasteiger partial charge is 0.316 e. The molecule has 1 saturated carbocycles. The first-order valence-corrected chi connectivity index (χ1v) is 5.64. The molecule has 0 unspecified atom stereocenters. The third kappa shape index (κ3) is 1.62. The van der Waals surface area contributed by atoms with Crippen LogP contribution in [0.5, 0.6) is 0 Å². The van der Waals surface area contributed by atoms with Crippen LogP contribution in [0, 0.1) is 11.8 Å². The van der Waals surface area contributed by atoms with Gasteiger partial charge < -0.3 is 5.32 Å². The molecule has 2 heteroatoms. The van der Waals surface area contributed by atoms with Crippen molar-refractivity contribution in [2.75, 3.05) is 13.1 Å². The van der Waals surface area contributed by atoms with Gasteiger partial charge in [-0.15, -0.1) is 0 Å². The fourth-order valence-electron chi connectivity index (χ4n) is 2.52. The van der Waals surface area contributed by atoms with Crippen LogP contribution in [0.4, 0.5) is 0 Å². The summed E-state index contributed by atoms with van der Waals surface area (Å²) < 4.78 is 0. The molecule has 0 aromatic heterocycles. The zero-order valence-corrected chi connectivity index (χ0v) is 8.44. The summed E-state index contributed by atoms with van der Waals surface area (Å²) >= 11 is 3.80. The Bertz CT molecular complexity index is 136. The van der Waals surface area contributed by atoms with E-state index in [9.17, 15) is 0 Å². The van der Waals surface area contributed by atoms with E-state index in [0.717, 1.165) is 16.7 Å². The van der Waals surface area contributed by atoms with Gasteiger partial charge in [-0.05, 0) is 44.2 Å². The molecule has 0 aromatic rings. The monoisotopic (exact) mass is 217 g/mol. The van der Waals surface area contributed by atoms with Crippen molar-refractivity contribution in [2.45, 2.75) is 30.5 Å². The number of piperidine rings is 1. The Balaban J connectivity index is 1.99. The average Bonchev–Trinajstić information content (AvgIpc) is 2.06. The fourth-order valence-corrected chi connectivity index (χ4v) is 3.54. The molecule has 64 valence electrons. The Morgan fingerprint density at radius 3 is 2.91 bits per heavy atom. The van der Waals surface area contributed by atoms with Crippen LogP contribution in [0.1, 0.15) is 25.7 Å². The molecule has 0 radical (unpaired) electrons. The summed E-state index contributed by atoms with van der Waals surface area (Å²) in [4.78, 5) is 0.823. The molecule has 2 aliphatic rings. The SMILES string of the molecule is Br[C@@H]1CCC[C@H]2CNCC[C@H]21. The predicted octanol–water partition coefficient (Wildman–Crippen LogP) is 2.16. The van der Waals surface area contributed by atoms with Gasteiger partial charge in [0.25, 0.3) is 0 Å². The molecule has 1 N–H and O–H groups in total. The number of fused-ring (bicyclic) bond motifs is 1. The molecule has 1 nitrogen and oxygen atoms in total. The number of nitrogens with one attached hydrogen (secondary N) is 1. The highest BCUT2D eigenvalue weighted by Gasteiger charge is 2.32. The van der Waals surface area contributed by atoms with Gasteiger partial charge in [0.2, 0.25) is 0 Å². The van der Waals surface area contributed by atoms with Gasteiger partial charge in [-0.25, -0.2) is 0 Å². The van der Waals surface area contributed by atoms with Gasteiger partial charge in [-0.2, -0.15) is 0 Å². The van der Waals surface area contributed by atoms with Crippen LogP contribution in [-0.4, -0.2) is 17.9 Å². The van der Waals surface area contributed by atoms with Gasteiger partial charge in [-0.3, -0.25) is 0 Å². The van der Waals surface area contributed by atoms with Crippen LogP contribution in [0.25, 0.3) is 0 Å². The van der Waals surface area contributed by atoms with E-state index in [1.165, 1.54) is 38.8 Å². The first kappa shape index (κ1) is 8.06. The molecule has 11 heavy (non-hydrogen) atoms. The number of rotatable bonds is 0. The quantitative estimate of drug-likeness (QED) is 0.614. The second-order valence-electron chi connectivity index (χ2n) is 3.86. The summed E-state index contributed by atoms with van der Waals surface area (Å²) in [6, 6.07) is 0. The molecule has 0 bridgehead atoms. The molecular formula is C9H16BrN. The summed E-state index contributed by atoms with van der Waals surface area (Å²) in [5.74, 6) is 1.95. The van der Waals surface area contributed by atoms with E-state index in [4.69, 9.17) is 0 Å². The van der Waals surface area contributed by atoms with E-state index in [1.54, 1.807) is 0 Å². The third-order valence-electron chi connectivity index (χ3n) is 3.19. The molecule has 3 atom stereocenters. The molecular weight excluding hydrogens is 202 g/mol. The van der Waals surface area contributed by atoms with Crippen LogP contribution in [-0.2, 0) is 0 Å². The van der Waals surface area contributed by atoms with E-state index in [0.29, 0.717) is 0 Å². The van der Waals surface area contributed by atoms with Gasteiger partial charge in [0.05, 0.1) is 0 Å². The molecule has 2 fully saturated rings. The lowest BCUT2D eigenvalue weighted by molar-refractivity contribution is 0.195. The normalized spacial score (nSPS) is 45.0. The maximum Gasteiger partial charge on any atom is 0.0177 e. The molecule has 0 amide bonds. The molecule has 1 heterocycles. The highest BCUT2D eigenvalue weighted by atomic mass is 79.9. The van der Waals surface area contributed by atoms with Crippen molar-refractivity contribution < 1.29 is 0 Å². The van der Waals surface area contributed by atoms with Crippen molar-refractivity contribution in [3.63, 3.8) is 0 Å². The summed E-state index contributed by atoms with van der Waals surface area (Å²) in [6.07, 6.45) is 5.68. The van der Waals surface area contributed by atoms with Gasteiger partial charge in [0, 0.05) is 4.83 Å². The smallest absolute Gasteiger partial charge is 0.0177 e. The van der Waals surface area contributed by atoms with Gasteiger partial charge in [-0.1, -0.05) is 22.4 Å². The minimum Gasteiger partial charge on any atom is -0.316 e. The topological polar surface area (TPSA) is 12.0 Å². The molecule has 1 aliphatic heterocycles. The fraction of sp³-hybridized carbons (Fsp3) is 1.00. The van der Waals surface area contributed by atoms with Crippen molar-refractivity contribution in [2.24, 2.45) is 11.8 Å². The molecule has 1 saturated heterocycles. The van der Waals surface area contributed by atoms with Crippen LogP contribution in [0.15, 0.2) is 0 Å². The van der Waals surface area contributed by atoms with Gasteiger partial charge >= 0.3 is 0 Å². The summed E-state index contributed by atoms with van der Waals surface area (Å²) in [7, 11) is 0. The van der Waals surface area contributed by atoms with E-state index in [1.807, 2.05) is 0 Å². The Kier molecular flexibility index (Phi) is 2.52. The number of alkyl halides is 1. The number of hydrogen-bond acceptors (Lipinski definition) is 1. The Labute approximate surface area is 77.1 Å². The maximum absolute atomic E-state index is 3.80. The summed E-state index contributed by atoms with van der Waals surface area (Å²) in [5, 5.41) is 3.48. The number of hydrogen-bond donors (Lipinski definition) is 1. The Hall–Kier alpha value is 0.440. The van der Waals surface area contributed by atoms with E-state index in [2.05, 4.69) is 21.2 Å². The molecule has 2 rings (SSSR count). The summed E-state index contributed by atoms with van der Waals surface area (Å²) in [6.45, 7) is 2.51. The number of halogens is 1. The Morgan fingerprint density at radius 2 is 2.09 bits per heavy atom. The minimum absolute atomic E-state index is 0.823. The lowest BCUT2D eigenvalue weighted by Crippen LogP contribution is -2.42. The second-order valence-corrected chi connectivity index (χ2v) is 5.04. The highest BCUT2D eigenvalue weighted by molar-refractivity contribution is 9.09. The zero-order chi connectivity index (χ0) is 7.68. The van der Waals surface area contributed by atoms with Gasteiger partial charge in [0.15, 0.2) is 0 Å². The van der Waals surface area contributed by atoms with Crippen molar-refractivity contribution in [1.82, 2.24) is 5.32 Å². The first-order valence-electron chi connectivity index (χ1n) is 4.72. The lowest BCUT2D eigenvalue weighted by atomic mass is 9.75. The lowest BCUT2D eigenvalue weighted by Gasteiger charge is -2.39. The average molecular weight is 218 g/mol. The van der Waals surface area contributed by atoms with E-state index in [-0.39, 0.29) is 0 Å². The van der Waals surface area contributed by atoms with Crippen LogP contribution < -0.4 is 5.32 Å². The zero-order valence-electron chi connectivity index (χ0n) is 6.85. The third-order valence-corrected chi connectivity index (χ3v) is 4.32.